The molecule has 0 heterocycles. The van der Waals surface area contributed by atoms with E-state index in [1.54, 1.807) is 11.8 Å². The van der Waals surface area contributed by atoms with Gasteiger partial charge < -0.3 is 10.8 Å². The van der Waals surface area contributed by atoms with E-state index in [2.05, 4.69) is 12.1 Å². The summed E-state index contributed by atoms with van der Waals surface area (Å²) in [5.74, 6) is 0.969. The second-order valence-corrected chi connectivity index (χ2v) is 5.70. The predicted molar refractivity (Wildman–Crippen MR) is 70.5 cm³/mol. The van der Waals surface area contributed by atoms with Gasteiger partial charge >= 0.3 is 0 Å². The minimum Gasteiger partial charge on any atom is -0.389 e. The number of aliphatic hydroxyl groups is 1. The zero-order valence-electron chi connectivity index (χ0n) is 10.2. The molecule has 0 radical (unpaired) electrons. The number of benzene rings is 1. The molecule has 3 heteroatoms. The highest BCUT2D eigenvalue weighted by Gasteiger charge is 2.24. The lowest BCUT2D eigenvalue weighted by atomic mass is 9.95. The topological polar surface area (TPSA) is 46.2 Å². The molecule has 0 aliphatic heterocycles. The molecule has 1 rings (SSSR count). The lowest BCUT2D eigenvalue weighted by Crippen LogP contribution is -2.33. The van der Waals surface area contributed by atoms with Crippen molar-refractivity contribution in [3.05, 3.63) is 29.8 Å². The molecule has 3 N–H and O–H groups in total. The van der Waals surface area contributed by atoms with Crippen LogP contribution < -0.4 is 5.73 Å². The predicted octanol–water partition coefficient (Wildman–Crippen LogP) is 2.64. The summed E-state index contributed by atoms with van der Waals surface area (Å²) in [4.78, 5) is 1.17. The van der Waals surface area contributed by atoms with Crippen LogP contribution in [0.5, 0.6) is 0 Å². The molecule has 0 bridgehead atoms. The van der Waals surface area contributed by atoms with Gasteiger partial charge in [0.1, 0.15) is 0 Å². The first-order valence-corrected chi connectivity index (χ1v) is 6.58. The maximum absolute atomic E-state index is 10.1. The summed E-state index contributed by atoms with van der Waals surface area (Å²) in [6.45, 7) is 6.53. The molecule has 1 atom stereocenters. The fourth-order valence-corrected chi connectivity index (χ4v) is 2.36. The monoisotopic (exact) mass is 239 g/mol. The van der Waals surface area contributed by atoms with Gasteiger partial charge in [0, 0.05) is 17.2 Å². The fourth-order valence-electron chi connectivity index (χ4n) is 1.16. The Balaban J connectivity index is 2.60. The minimum absolute atomic E-state index is 0.262. The Kier molecular flexibility index (Phi) is 4.84. The second-order valence-electron chi connectivity index (χ2n) is 4.65. The normalized spacial score (nSPS) is 15.1. The van der Waals surface area contributed by atoms with Crippen LogP contribution in [0, 0.1) is 5.92 Å². The summed E-state index contributed by atoms with van der Waals surface area (Å²) >= 11 is 1.68. The fraction of sp³-hybridized carbons (Fsp3) is 0.538. The van der Waals surface area contributed by atoms with E-state index in [1.807, 2.05) is 32.9 Å². The summed E-state index contributed by atoms with van der Waals surface area (Å²) in [5.41, 5.74) is 6.10. The van der Waals surface area contributed by atoms with Crippen molar-refractivity contribution in [2.45, 2.75) is 37.8 Å². The molecule has 0 spiro atoms. The van der Waals surface area contributed by atoms with Gasteiger partial charge in [-0.25, -0.2) is 0 Å². The van der Waals surface area contributed by atoms with Crippen molar-refractivity contribution < 1.29 is 5.11 Å². The molecule has 0 aromatic heterocycles. The molecule has 1 unspecified atom stereocenters. The molecular formula is C13H21NOS. The van der Waals surface area contributed by atoms with Gasteiger partial charge in [-0.05, 0) is 30.5 Å². The molecule has 0 amide bonds. The van der Waals surface area contributed by atoms with Gasteiger partial charge in [-0.15, -0.1) is 11.8 Å². The average molecular weight is 239 g/mol. The number of thioether (sulfide) groups is 1. The third-order valence-corrected chi connectivity index (χ3v) is 4.23. The van der Waals surface area contributed by atoms with Gasteiger partial charge in [-0.1, -0.05) is 26.0 Å². The molecule has 1 aromatic carbocycles. The van der Waals surface area contributed by atoms with Crippen LogP contribution in [0.4, 0.5) is 0 Å². The van der Waals surface area contributed by atoms with E-state index >= 15 is 0 Å². The highest BCUT2D eigenvalue weighted by atomic mass is 32.2. The molecule has 1 aromatic rings. The number of nitrogens with two attached hydrogens (primary N) is 1. The van der Waals surface area contributed by atoms with Crippen LogP contribution >= 0.6 is 11.8 Å². The van der Waals surface area contributed by atoms with E-state index in [-0.39, 0.29) is 5.92 Å². The molecule has 0 aliphatic carbocycles. The SMILES string of the molecule is CC(C)C(C)(O)CSc1cccc(CN)c1. The van der Waals surface area contributed by atoms with Crippen LogP contribution in [0.2, 0.25) is 0 Å². The van der Waals surface area contributed by atoms with Crippen LogP contribution in [0.15, 0.2) is 29.2 Å². The Morgan fingerprint density at radius 1 is 1.44 bits per heavy atom. The molecule has 2 nitrogen and oxygen atoms in total. The Hall–Kier alpha value is -0.510. The highest BCUT2D eigenvalue weighted by Crippen LogP contribution is 2.27. The summed E-state index contributed by atoms with van der Waals surface area (Å²) in [6.07, 6.45) is 0. The van der Waals surface area contributed by atoms with Crippen LogP contribution in [0.3, 0.4) is 0 Å². The molecule has 16 heavy (non-hydrogen) atoms. The van der Waals surface area contributed by atoms with Gasteiger partial charge in [0.15, 0.2) is 0 Å². The van der Waals surface area contributed by atoms with Crippen molar-refractivity contribution in [3.8, 4) is 0 Å². The highest BCUT2D eigenvalue weighted by molar-refractivity contribution is 7.99. The maximum atomic E-state index is 10.1. The first kappa shape index (κ1) is 13.6. The molecular weight excluding hydrogens is 218 g/mol. The van der Waals surface area contributed by atoms with E-state index in [9.17, 15) is 5.11 Å². The van der Waals surface area contributed by atoms with E-state index in [0.717, 1.165) is 5.56 Å². The molecule has 0 saturated heterocycles. The molecule has 90 valence electrons. The Labute approximate surface area is 102 Å². The molecule has 0 saturated carbocycles. The number of hydrogen-bond donors (Lipinski definition) is 2. The quantitative estimate of drug-likeness (QED) is 0.777. The van der Waals surface area contributed by atoms with Crippen LogP contribution in [0.25, 0.3) is 0 Å². The van der Waals surface area contributed by atoms with E-state index in [1.165, 1.54) is 4.90 Å². The van der Waals surface area contributed by atoms with Crippen molar-refractivity contribution in [1.82, 2.24) is 0 Å². The van der Waals surface area contributed by atoms with E-state index in [4.69, 9.17) is 5.73 Å². The van der Waals surface area contributed by atoms with Crippen molar-refractivity contribution in [2.24, 2.45) is 11.7 Å². The zero-order valence-corrected chi connectivity index (χ0v) is 11.1. The molecule has 0 fully saturated rings. The van der Waals surface area contributed by atoms with Crippen LogP contribution in [-0.2, 0) is 6.54 Å². The lowest BCUT2D eigenvalue weighted by Gasteiger charge is -2.27. The Morgan fingerprint density at radius 2 is 2.12 bits per heavy atom. The van der Waals surface area contributed by atoms with Gasteiger partial charge in [0.05, 0.1) is 5.60 Å². The van der Waals surface area contributed by atoms with Crippen LogP contribution in [-0.4, -0.2) is 16.5 Å². The number of rotatable bonds is 5. The third kappa shape index (κ3) is 3.81. The van der Waals surface area contributed by atoms with Gasteiger partial charge in [0.2, 0.25) is 0 Å². The molecule has 0 aliphatic rings. The Bertz CT molecular complexity index is 336. The van der Waals surface area contributed by atoms with Crippen molar-refractivity contribution in [1.29, 1.82) is 0 Å². The first-order valence-electron chi connectivity index (χ1n) is 5.60. The Morgan fingerprint density at radius 3 is 2.69 bits per heavy atom. The van der Waals surface area contributed by atoms with Gasteiger partial charge in [-0.3, -0.25) is 0 Å². The smallest absolute Gasteiger partial charge is 0.0736 e. The minimum atomic E-state index is -0.622. The average Bonchev–Trinajstić information content (AvgIpc) is 2.26. The van der Waals surface area contributed by atoms with Crippen LogP contribution in [0.1, 0.15) is 26.3 Å². The maximum Gasteiger partial charge on any atom is 0.0736 e. The third-order valence-electron chi connectivity index (χ3n) is 2.91. The van der Waals surface area contributed by atoms with Crippen molar-refractivity contribution in [2.75, 3.05) is 5.75 Å². The summed E-state index contributed by atoms with van der Waals surface area (Å²) in [6, 6.07) is 8.17. The largest absolute Gasteiger partial charge is 0.389 e. The van der Waals surface area contributed by atoms with Crippen molar-refractivity contribution in [3.63, 3.8) is 0 Å². The van der Waals surface area contributed by atoms with Crippen molar-refractivity contribution >= 4 is 11.8 Å². The summed E-state index contributed by atoms with van der Waals surface area (Å²) in [7, 11) is 0. The zero-order chi connectivity index (χ0) is 12.2. The first-order chi connectivity index (χ1) is 7.45. The summed E-state index contributed by atoms with van der Waals surface area (Å²) in [5, 5.41) is 10.1. The van der Waals surface area contributed by atoms with Gasteiger partial charge in [0.25, 0.3) is 0 Å². The summed E-state index contributed by atoms with van der Waals surface area (Å²) < 4.78 is 0. The van der Waals surface area contributed by atoms with E-state index < -0.39 is 5.60 Å². The van der Waals surface area contributed by atoms with Gasteiger partial charge in [-0.2, -0.15) is 0 Å². The van der Waals surface area contributed by atoms with E-state index in [0.29, 0.717) is 12.3 Å². The number of hydrogen-bond acceptors (Lipinski definition) is 3. The second kappa shape index (κ2) is 5.71. The lowest BCUT2D eigenvalue weighted by molar-refractivity contribution is 0.0376. The standard InChI is InChI=1S/C13H21NOS/c1-10(2)13(3,15)9-16-12-6-4-5-11(7-12)8-14/h4-7,10,15H,8-9,14H2,1-3H3.